The van der Waals surface area contributed by atoms with Gasteiger partial charge in [-0.1, -0.05) is 62.3 Å². The average molecular weight is 216 g/mol. The second-order valence-electron chi connectivity index (χ2n) is 4.89. The predicted octanol–water partition coefficient (Wildman–Crippen LogP) is 6.30. The molecule has 0 amide bonds. The second kappa shape index (κ2) is 8.19. The van der Waals surface area contributed by atoms with E-state index < -0.39 is 0 Å². The lowest BCUT2D eigenvalue weighted by atomic mass is 9.70. The van der Waals surface area contributed by atoms with Crippen LogP contribution in [0.5, 0.6) is 0 Å². The molecule has 1 spiro atoms. The van der Waals surface area contributed by atoms with Crippen molar-refractivity contribution in [3.63, 3.8) is 0 Å². The van der Waals surface area contributed by atoms with Crippen LogP contribution in [0.2, 0.25) is 0 Å². The zero-order chi connectivity index (χ0) is 7.73. The summed E-state index contributed by atoms with van der Waals surface area (Å²) in [6.07, 6.45) is 12.3. The van der Waals surface area contributed by atoms with Gasteiger partial charge < -0.3 is 0 Å². The van der Waals surface area contributed by atoms with Crippen molar-refractivity contribution in [2.75, 3.05) is 0 Å². The van der Waals surface area contributed by atoms with Crippen LogP contribution in [0.15, 0.2) is 0 Å². The summed E-state index contributed by atoms with van der Waals surface area (Å²) in [6.45, 7) is 2.42. The molecule has 0 bridgehead atoms. The number of hydrogen-bond acceptors (Lipinski definition) is 0. The van der Waals surface area contributed by atoms with E-state index in [4.69, 9.17) is 0 Å². The van der Waals surface area contributed by atoms with E-state index in [9.17, 15) is 0 Å². The summed E-state index contributed by atoms with van der Waals surface area (Å²) in [5.74, 6) is 1.03. The molecule has 2 fully saturated rings. The molecule has 0 unspecified atom stereocenters. The molecule has 2 rings (SSSR count). The molecule has 0 nitrogen and oxygen atoms in total. The summed E-state index contributed by atoms with van der Waals surface area (Å²) in [5.41, 5.74) is 0.854. The highest BCUT2D eigenvalue weighted by Crippen LogP contribution is 2.49. The molecule has 2 saturated carbocycles. The Morgan fingerprint density at radius 1 is 0.733 bits per heavy atom. The SMILES string of the molecule is C.C.C.C.CC1CCC2(CCCC2)CC1. The predicted molar refractivity (Wildman–Crippen MR) is 75.5 cm³/mol. The van der Waals surface area contributed by atoms with Crippen LogP contribution in [-0.2, 0) is 0 Å². The van der Waals surface area contributed by atoms with Crippen molar-refractivity contribution < 1.29 is 0 Å². The van der Waals surface area contributed by atoms with E-state index >= 15 is 0 Å². The lowest BCUT2D eigenvalue weighted by Crippen LogP contribution is -2.23. The number of hydrogen-bond donors (Lipinski definition) is 0. The topological polar surface area (TPSA) is 0 Å². The molecule has 0 aliphatic heterocycles. The van der Waals surface area contributed by atoms with Crippen LogP contribution in [0.3, 0.4) is 0 Å². The van der Waals surface area contributed by atoms with Gasteiger partial charge >= 0.3 is 0 Å². The van der Waals surface area contributed by atoms with Crippen LogP contribution < -0.4 is 0 Å². The molecule has 0 radical (unpaired) electrons. The summed E-state index contributed by atoms with van der Waals surface area (Å²) in [7, 11) is 0. The largest absolute Gasteiger partial charge is 0.0776 e. The Morgan fingerprint density at radius 2 is 1.13 bits per heavy atom. The molecular formula is C15H36. The summed E-state index contributed by atoms with van der Waals surface area (Å²) < 4.78 is 0. The van der Waals surface area contributed by atoms with Crippen molar-refractivity contribution in [1.29, 1.82) is 0 Å². The van der Waals surface area contributed by atoms with Crippen molar-refractivity contribution in [3.8, 4) is 0 Å². The van der Waals surface area contributed by atoms with Crippen molar-refractivity contribution in [1.82, 2.24) is 0 Å². The minimum absolute atomic E-state index is 0. The van der Waals surface area contributed by atoms with Gasteiger partial charge in [0, 0.05) is 0 Å². The molecule has 0 heterocycles. The Kier molecular flexibility index (Phi) is 11.1. The molecule has 0 N–H and O–H groups in total. The standard InChI is InChI=1S/C11H20.4CH4/c1-10-4-8-11(9-5-10)6-2-3-7-11;;;;/h10H,2-9H2,1H3;4*1H4. The fourth-order valence-corrected chi connectivity index (χ4v) is 3.00. The Hall–Kier alpha value is 0. The van der Waals surface area contributed by atoms with Crippen LogP contribution in [0.4, 0.5) is 0 Å². The maximum Gasteiger partial charge on any atom is -0.0297 e. The first-order valence-electron chi connectivity index (χ1n) is 5.31. The number of rotatable bonds is 0. The van der Waals surface area contributed by atoms with E-state index in [0.717, 1.165) is 11.3 Å². The van der Waals surface area contributed by atoms with Gasteiger partial charge in [-0.25, -0.2) is 0 Å². The van der Waals surface area contributed by atoms with Crippen molar-refractivity contribution in [2.24, 2.45) is 11.3 Å². The molecule has 2 aliphatic rings. The summed E-state index contributed by atoms with van der Waals surface area (Å²) in [6, 6.07) is 0. The van der Waals surface area contributed by atoms with Gasteiger partial charge in [0.25, 0.3) is 0 Å². The van der Waals surface area contributed by atoms with Crippen LogP contribution in [0.1, 0.15) is 88.0 Å². The van der Waals surface area contributed by atoms with E-state index in [-0.39, 0.29) is 29.7 Å². The lowest BCUT2D eigenvalue weighted by Gasteiger charge is -2.36. The van der Waals surface area contributed by atoms with Crippen molar-refractivity contribution >= 4 is 0 Å². The van der Waals surface area contributed by atoms with Crippen LogP contribution in [0.25, 0.3) is 0 Å². The van der Waals surface area contributed by atoms with E-state index in [1.807, 2.05) is 0 Å². The van der Waals surface area contributed by atoms with Gasteiger partial charge in [-0.3, -0.25) is 0 Å². The lowest BCUT2D eigenvalue weighted by molar-refractivity contribution is 0.162. The van der Waals surface area contributed by atoms with Gasteiger partial charge in [0.05, 0.1) is 0 Å². The van der Waals surface area contributed by atoms with Crippen LogP contribution in [-0.4, -0.2) is 0 Å². The monoisotopic (exact) mass is 216 g/mol. The quantitative estimate of drug-likeness (QED) is 0.445. The van der Waals surface area contributed by atoms with Gasteiger partial charge in [-0.05, 0) is 37.0 Å². The molecule has 2 aliphatic carbocycles. The molecule has 0 saturated heterocycles. The van der Waals surface area contributed by atoms with Gasteiger partial charge in [-0.2, -0.15) is 0 Å². The molecule has 96 valence electrons. The first-order chi connectivity index (χ1) is 5.31. The maximum absolute atomic E-state index is 2.42. The molecule has 0 aromatic heterocycles. The highest BCUT2D eigenvalue weighted by atomic mass is 14.4. The summed E-state index contributed by atoms with van der Waals surface area (Å²) >= 11 is 0. The van der Waals surface area contributed by atoms with Crippen LogP contribution >= 0.6 is 0 Å². The Balaban J connectivity index is -0.000000360. The first kappa shape index (κ1) is 20.4. The smallest absolute Gasteiger partial charge is 0.0297 e. The van der Waals surface area contributed by atoms with Crippen molar-refractivity contribution in [3.05, 3.63) is 0 Å². The highest BCUT2D eigenvalue weighted by Gasteiger charge is 2.36. The third-order valence-corrected chi connectivity index (χ3v) is 4.00. The van der Waals surface area contributed by atoms with Gasteiger partial charge in [0.2, 0.25) is 0 Å². The highest BCUT2D eigenvalue weighted by molar-refractivity contribution is 4.88. The van der Waals surface area contributed by atoms with Gasteiger partial charge in [0.1, 0.15) is 0 Å². The fourth-order valence-electron chi connectivity index (χ4n) is 3.00. The molecule has 0 aromatic rings. The zero-order valence-electron chi connectivity index (χ0n) is 7.73. The molecule has 0 aromatic carbocycles. The fraction of sp³-hybridized carbons (Fsp3) is 1.00. The van der Waals surface area contributed by atoms with E-state index in [1.54, 1.807) is 25.7 Å². The van der Waals surface area contributed by atoms with Gasteiger partial charge in [-0.15, -0.1) is 0 Å². The second-order valence-corrected chi connectivity index (χ2v) is 4.89. The van der Waals surface area contributed by atoms with E-state index in [1.165, 1.54) is 25.7 Å². The maximum atomic E-state index is 2.42. The minimum Gasteiger partial charge on any atom is -0.0776 e. The van der Waals surface area contributed by atoms with E-state index in [2.05, 4.69) is 6.92 Å². The first-order valence-corrected chi connectivity index (χ1v) is 5.31. The Labute approximate surface area is 99.9 Å². The van der Waals surface area contributed by atoms with Gasteiger partial charge in [0.15, 0.2) is 0 Å². The normalized spacial score (nSPS) is 23.0. The Bertz CT molecular complexity index is 121. The van der Waals surface area contributed by atoms with Crippen LogP contribution in [0, 0.1) is 11.3 Å². The zero-order valence-corrected chi connectivity index (χ0v) is 7.73. The third-order valence-electron chi connectivity index (χ3n) is 4.00. The molecular weight excluding hydrogens is 180 g/mol. The average Bonchev–Trinajstić information content (AvgIpc) is 2.45. The Morgan fingerprint density at radius 3 is 1.53 bits per heavy atom. The summed E-state index contributed by atoms with van der Waals surface area (Å²) in [5, 5.41) is 0. The molecule has 0 atom stereocenters. The summed E-state index contributed by atoms with van der Waals surface area (Å²) in [4.78, 5) is 0. The minimum atomic E-state index is 0. The third kappa shape index (κ3) is 4.57. The van der Waals surface area contributed by atoms with E-state index in [0.29, 0.717) is 0 Å². The van der Waals surface area contributed by atoms with Crippen molar-refractivity contribution in [2.45, 2.75) is 88.0 Å². The molecule has 15 heavy (non-hydrogen) atoms. The molecule has 0 heteroatoms.